The maximum atomic E-state index is 13.6. The van der Waals surface area contributed by atoms with Crippen molar-refractivity contribution in [2.75, 3.05) is 29.9 Å². The zero-order chi connectivity index (χ0) is 21.3. The van der Waals surface area contributed by atoms with Crippen LogP contribution in [0, 0.1) is 5.92 Å². The van der Waals surface area contributed by atoms with Gasteiger partial charge in [0, 0.05) is 32.0 Å². The van der Waals surface area contributed by atoms with Crippen LogP contribution in [0.4, 0.5) is 11.4 Å². The van der Waals surface area contributed by atoms with Crippen LogP contribution >= 0.6 is 0 Å². The summed E-state index contributed by atoms with van der Waals surface area (Å²) >= 11 is 0. The molecule has 2 aromatic rings. The van der Waals surface area contributed by atoms with Crippen LogP contribution in [-0.4, -0.2) is 51.7 Å². The summed E-state index contributed by atoms with van der Waals surface area (Å²) in [7, 11) is 0. The number of likely N-dealkylation sites (tertiary alicyclic amines) is 1. The molecule has 1 fully saturated rings. The summed E-state index contributed by atoms with van der Waals surface area (Å²) < 4.78 is 1.68. The smallest absolute Gasteiger partial charge is 0.252 e. The van der Waals surface area contributed by atoms with Gasteiger partial charge in [-0.25, -0.2) is 0 Å². The van der Waals surface area contributed by atoms with E-state index in [9.17, 15) is 9.59 Å². The van der Waals surface area contributed by atoms with Crippen molar-refractivity contribution < 1.29 is 9.59 Å². The number of anilines is 2. The SMILES string of the molecule is CC(C)CCN1C(=O)C2(CCN(C(=O)[C@H](C)n3cccn3)CC2)Nc2ccccc21. The van der Waals surface area contributed by atoms with Gasteiger partial charge in [-0.15, -0.1) is 0 Å². The van der Waals surface area contributed by atoms with Crippen molar-refractivity contribution in [1.29, 1.82) is 0 Å². The monoisotopic (exact) mass is 409 g/mol. The van der Waals surface area contributed by atoms with Gasteiger partial charge < -0.3 is 15.1 Å². The first-order valence-electron chi connectivity index (χ1n) is 10.9. The topological polar surface area (TPSA) is 70.5 Å². The van der Waals surface area contributed by atoms with Crippen LogP contribution in [0.1, 0.15) is 46.1 Å². The Kier molecular flexibility index (Phi) is 5.54. The number of nitrogens with zero attached hydrogens (tertiary/aromatic N) is 4. The van der Waals surface area contributed by atoms with Gasteiger partial charge in [-0.1, -0.05) is 26.0 Å². The van der Waals surface area contributed by atoms with Crippen molar-refractivity contribution in [1.82, 2.24) is 14.7 Å². The third-order valence-corrected chi connectivity index (χ3v) is 6.36. The molecule has 0 saturated carbocycles. The highest BCUT2D eigenvalue weighted by molar-refractivity contribution is 6.08. The lowest BCUT2D eigenvalue weighted by Gasteiger charge is -2.48. The molecule has 1 aromatic carbocycles. The molecule has 1 aromatic heterocycles. The van der Waals surface area contributed by atoms with Gasteiger partial charge in [0.25, 0.3) is 5.91 Å². The molecular formula is C23H31N5O2. The maximum Gasteiger partial charge on any atom is 0.252 e. The van der Waals surface area contributed by atoms with Crippen molar-refractivity contribution in [3.8, 4) is 0 Å². The van der Waals surface area contributed by atoms with E-state index in [1.807, 2.05) is 53.3 Å². The summed E-state index contributed by atoms with van der Waals surface area (Å²) in [6.45, 7) is 8.06. The van der Waals surface area contributed by atoms with Crippen LogP contribution in [0.15, 0.2) is 42.7 Å². The summed E-state index contributed by atoms with van der Waals surface area (Å²) in [4.78, 5) is 30.4. The van der Waals surface area contributed by atoms with Crippen LogP contribution in [0.3, 0.4) is 0 Å². The number of carbonyl (C=O) groups is 2. The second kappa shape index (κ2) is 8.13. The Bertz CT molecular complexity index is 900. The van der Waals surface area contributed by atoms with E-state index in [0.29, 0.717) is 31.8 Å². The Balaban J connectivity index is 1.51. The van der Waals surface area contributed by atoms with Crippen LogP contribution in [0.5, 0.6) is 0 Å². The minimum Gasteiger partial charge on any atom is -0.369 e. The molecule has 1 spiro atoms. The molecule has 30 heavy (non-hydrogen) atoms. The van der Waals surface area contributed by atoms with Crippen LogP contribution < -0.4 is 10.2 Å². The lowest BCUT2D eigenvalue weighted by molar-refractivity contribution is -0.138. The van der Waals surface area contributed by atoms with E-state index < -0.39 is 5.54 Å². The van der Waals surface area contributed by atoms with Crippen molar-refractivity contribution in [3.05, 3.63) is 42.7 Å². The van der Waals surface area contributed by atoms with E-state index in [2.05, 4.69) is 24.3 Å². The third kappa shape index (κ3) is 3.68. The predicted octanol–water partition coefficient (Wildman–Crippen LogP) is 3.31. The highest BCUT2D eigenvalue weighted by Crippen LogP contribution is 2.40. The Morgan fingerprint density at radius 1 is 1.17 bits per heavy atom. The van der Waals surface area contributed by atoms with Crippen molar-refractivity contribution in [3.63, 3.8) is 0 Å². The molecule has 2 amide bonds. The number of piperidine rings is 1. The van der Waals surface area contributed by atoms with Gasteiger partial charge >= 0.3 is 0 Å². The van der Waals surface area contributed by atoms with Gasteiger partial charge in [0.15, 0.2) is 0 Å². The van der Waals surface area contributed by atoms with E-state index in [-0.39, 0.29) is 17.9 Å². The first kappa shape index (κ1) is 20.4. The summed E-state index contributed by atoms with van der Waals surface area (Å²) in [6, 6.07) is 9.52. The minimum absolute atomic E-state index is 0.0499. The second-order valence-electron chi connectivity index (χ2n) is 8.85. The molecule has 1 N–H and O–H groups in total. The molecule has 2 aliphatic heterocycles. The number of nitrogens with one attached hydrogen (secondary N) is 1. The largest absolute Gasteiger partial charge is 0.369 e. The molecule has 7 nitrogen and oxygen atoms in total. The fourth-order valence-electron chi connectivity index (χ4n) is 4.44. The molecule has 7 heteroatoms. The average Bonchev–Trinajstić information content (AvgIpc) is 3.28. The molecular weight excluding hydrogens is 378 g/mol. The van der Waals surface area contributed by atoms with E-state index >= 15 is 0 Å². The first-order chi connectivity index (χ1) is 14.4. The molecule has 3 heterocycles. The fraction of sp³-hybridized carbons (Fsp3) is 0.522. The summed E-state index contributed by atoms with van der Waals surface area (Å²) in [5, 5.41) is 7.74. The van der Waals surface area contributed by atoms with E-state index in [0.717, 1.165) is 24.3 Å². The molecule has 0 bridgehead atoms. The van der Waals surface area contributed by atoms with Gasteiger partial charge in [-0.3, -0.25) is 14.3 Å². The lowest BCUT2D eigenvalue weighted by atomic mass is 9.83. The molecule has 4 rings (SSSR count). The van der Waals surface area contributed by atoms with Gasteiger partial charge in [-0.2, -0.15) is 5.10 Å². The van der Waals surface area contributed by atoms with E-state index in [4.69, 9.17) is 0 Å². The zero-order valence-electron chi connectivity index (χ0n) is 18.0. The Hall–Kier alpha value is -2.83. The molecule has 0 radical (unpaired) electrons. The van der Waals surface area contributed by atoms with Crippen molar-refractivity contribution >= 4 is 23.2 Å². The molecule has 2 aliphatic rings. The van der Waals surface area contributed by atoms with Crippen molar-refractivity contribution in [2.24, 2.45) is 5.92 Å². The van der Waals surface area contributed by atoms with Crippen LogP contribution in [-0.2, 0) is 9.59 Å². The highest BCUT2D eigenvalue weighted by Gasteiger charge is 2.48. The molecule has 0 unspecified atom stereocenters. The first-order valence-corrected chi connectivity index (χ1v) is 10.9. The average molecular weight is 410 g/mol. The Morgan fingerprint density at radius 3 is 2.57 bits per heavy atom. The minimum atomic E-state index is -0.642. The van der Waals surface area contributed by atoms with Gasteiger partial charge in [0.2, 0.25) is 5.91 Å². The highest BCUT2D eigenvalue weighted by atomic mass is 16.2. The summed E-state index contributed by atoms with van der Waals surface area (Å²) in [5.74, 6) is 0.710. The second-order valence-corrected chi connectivity index (χ2v) is 8.85. The van der Waals surface area contributed by atoms with E-state index in [1.165, 1.54) is 0 Å². The van der Waals surface area contributed by atoms with Gasteiger partial charge in [0.05, 0.1) is 11.4 Å². The number of aromatic nitrogens is 2. The lowest BCUT2D eigenvalue weighted by Crippen LogP contribution is -2.62. The molecule has 1 atom stereocenters. The van der Waals surface area contributed by atoms with Crippen molar-refractivity contribution in [2.45, 2.75) is 51.6 Å². The Labute approximate surface area is 178 Å². The number of rotatable bonds is 5. The summed E-state index contributed by atoms with van der Waals surface area (Å²) in [6.07, 6.45) is 5.67. The predicted molar refractivity (Wildman–Crippen MR) is 117 cm³/mol. The normalized spacial score (nSPS) is 19.0. The number of amides is 2. The molecule has 0 aliphatic carbocycles. The van der Waals surface area contributed by atoms with Gasteiger partial charge in [0.1, 0.15) is 11.6 Å². The quantitative estimate of drug-likeness (QED) is 0.823. The summed E-state index contributed by atoms with van der Waals surface area (Å²) in [5.41, 5.74) is 1.32. The number of hydrogen-bond acceptors (Lipinski definition) is 4. The van der Waals surface area contributed by atoms with E-state index in [1.54, 1.807) is 10.9 Å². The number of benzene rings is 1. The number of fused-ring (bicyclic) bond motifs is 1. The third-order valence-electron chi connectivity index (χ3n) is 6.36. The maximum absolute atomic E-state index is 13.6. The standard InChI is InChI=1S/C23H31N5O2/c1-17(2)9-14-27-20-8-5-4-7-19(20)25-23(22(27)30)10-15-26(16-11-23)21(29)18(3)28-13-6-12-24-28/h4-8,12-13,17-18,25H,9-11,14-16H2,1-3H3/t18-/m0/s1. The molecule has 1 saturated heterocycles. The molecule has 160 valence electrons. The Morgan fingerprint density at radius 2 is 1.90 bits per heavy atom. The number of carbonyl (C=O) groups excluding carboxylic acids is 2. The van der Waals surface area contributed by atoms with Crippen LogP contribution in [0.25, 0.3) is 0 Å². The number of para-hydroxylation sites is 2. The zero-order valence-corrected chi connectivity index (χ0v) is 18.0. The van der Waals surface area contributed by atoms with Crippen LogP contribution in [0.2, 0.25) is 0 Å². The fourth-order valence-corrected chi connectivity index (χ4v) is 4.44. The number of hydrogen-bond donors (Lipinski definition) is 1. The van der Waals surface area contributed by atoms with Gasteiger partial charge in [-0.05, 0) is 50.3 Å².